The van der Waals surface area contributed by atoms with Crippen LogP contribution in [0, 0.1) is 0 Å². The molecule has 0 aliphatic carbocycles. The maximum absolute atomic E-state index is 12.1. The van der Waals surface area contributed by atoms with Gasteiger partial charge in [0.25, 0.3) is 0 Å². The molecule has 27 heavy (non-hydrogen) atoms. The summed E-state index contributed by atoms with van der Waals surface area (Å²) < 4.78 is 0. The number of nitrogens with zero attached hydrogens (tertiary/aromatic N) is 3. The molecule has 0 saturated heterocycles. The van der Waals surface area contributed by atoms with Gasteiger partial charge in [0, 0.05) is 30.0 Å². The number of amides is 4. The van der Waals surface area contributed by atoms with Crippen LogP contribution in [0.4, 0.5) is 0 Å². The summed E-state index contributed by atoms with van der Waals surface area (Å²) in [5.74, 6) is -1.70. The Bertz CT molecular complexity index is 574. The van der Waals surface area contributed by atoms with Crippen LogP contribution >= 0.6 is 0 Å². The molecule has 0 rings (SSSR count). The normalized spacial score (nSPS) is 10.3. The van der Waals surface area contributed by atoms with E-state index < -0.39 is 17.7 Å². The van der Waals surface area contributed by atoms with E-state index in [0.717, 1.165) is 0 Å². The van der Waals surface area contributed by atoms with Crippen molar-refractivity contribution in [3.8, 4) is 0 Å². The number of hydrogen-bond acceptors (Lipinski definition) is 6. The van der Waals surface area contributed by atoms with Crippen LogP contribution in [-0.2, 0) is 24.0 Å². The molecule has 0 bridgehead atoms. The van der Waals surface area contributed by atoms with Gasteiger partial charge >= 0.3 is 0 Å². The summed E-state index contributed by atoms with van der Waals surface area (Å²) in [6.45, 7) is 4.63. The summed E-state index contributed by atoms with van der Waals surface area (Å²) in [4.78, 5) is 62.3. The van der Waals surface area contributed by atoms with Crippen molar-refractivity contribution in [2.75, 3.05) is 53.9 Å². The maximum Gasteiger partial charge on any atom is 0.242 e. The summed E-state index contributed by atoms with van der Waals surface area (Å²) in [5, 5.41) is 5.38. The lowest BCUT2D eigenvalue weighted by atomic mass is 10.3. The highest BCUT2D eigenvalue weighted by atomic mass is 16.2. The first-order valence-corrected chi connectivity index (χ1v) is 8.65. The predicted octanol–water partition coefficient (Wildman–Crippen LogP) is -1.44. The van der Waals surface area contributed by atoms with Crippen LogP contribution in [-0.4, -0.2) is 104 Å². The van der Waals surface area contributed by atoms with Crippen LogP contribution < -0.4 is 10.6 Å². The molecular formula is C17H35N5O5. The van der Waals surface area contributed by atoms with Crippen molar-refractivity contribution < 1.29 is 26.8 Å². The number of likely N-dealkylation sites (N-methyl/N-ethyl adjacent to an activating group) is 3. The van der Waals surface area contributed by atoms with Crippen molar-refractivity contribution in [1.82, 2.24) is 25.3 Å². The van der Waals surface area contributed by atoms with Crippen LogP contribution in [0.2, 0.25) is 0 Å². The standard InChI is InChI=1S/C17H31N5O5.2H2/c1-12(2)18-7-15(25)22(6)11-17(27)21(5)10-14(24)19-8-16(26)20(4)9-13(3)23;;/h12,18H,7-11H2,1-6H3,(H,19,24);2*1H. The van der Waals surface area contributed by atoms with Gasteiger partial charge in [0.05, 0.1) is 32.7 Å². The van der Waals surface area contributed by atoms with Crippen LogP contribution in [0.5, 0.6) is 0 Å². The molecular weight excluding hydrogens is 354 g/mol. The van der Waals surface area contributed by atoms with E-state index in [4.69, 9.17) is 0 Å². The summed E-state index contributed by atoms with van der Waals surface area (Å²) in [6, 6.07) is 0.154. The lowest BCUT2D eigenvalue weighted by Crippen LogP contribution is -2.47. The molecule has 10 nitrogen and oxygen atoms in total. The molecule has 10 heteroatoms. The minimum absolute atomic E-state index is 0. The summed E-state index contributed by atoms with van der Waals surface area (Å²) >= 11 is 0. The van der Waals surface area contributed by atoms with Gasteiger partial charge in [0.1, 0.15) is 5.78 Å². The van der Waals surface area contributed by atoms with Crippen LogP contribution in [0.15, 0.2) is 0 Å². The van der Waals surface area contributed by atoms with Crippen molar-refractivity contribution in [2.45, 2.75) is 26.8 Å². The molecule has 0 aliphatic rings. The lowest BCUT2D eigenvalue weighted by Gasteiger charge is -2.22. The first-order valence-electron chi connectivity index (χ1n) is 8.65. The first kappa shape index (κ1) is 24.5. The molecule has 2 N–H and O–H groups in total. The Morgan fingerprint density at radius 1 is 0.778 bits per heavy atom. The number of carbonyl (C=O) groups is 5. The number of carbonyl (C=O) groups excluding carboxylic acids is 5. The SMILES string of the molecule is CC(=O)CN(C)C(=O)CNC(=O)CN(C)C(=O)CN(C)C(=O)CNC(C)C.[HH].[HH]. The molecule has 158 valence electrons. The van der Waals surface area contributed by atoms with E-state index in [0.29, 0.717) is 0 Å². The van der Waals surface area contributed by atoms with Crippen molar-refractivity contribution in [1.29, 1.82) is 0 Å². The quantitative estimate of drug-likeness (QED) is 0.447. The third-order valence-corrected chi connectivity index (χ3v) is 3.59. The Balaban J connectivity index is -0.00000338. The van der Waals surface area contributed by atoms with Crippen molar-refractivity contribution in [2.24, 2.45) is 0 Å². The fraction of sp³-hybridized carbons (Fsp3) is 0.706. The van der Waals surface area contributed by atoms with Crippen molar-refractivity contribution in [3.05, 3.63) is 0 Å². The van der Waals surface area contributed by atoms with Crippen LogP contribution in [0.25, 0.3) is 0 Å². The van der Waals surface area contributed by atoms with E-state index in [1.807, 2.05) is 13.8 Å². The molecule has 0 saturated carbocycles. The van der Waals surface area contributed by atoms with Gasteiger partial charge < -0.3 is 25.3 Å². The van der Waals surface area contributed by atoms with Crippen LogP contribution in [0.3, 0.4) is 0 Å². The summed E-state index contributed by atoms with van der Waals surface area (Å²) in [5.41, 5.74) is 0. The highest BCUT2D eigenvalue weighted by molar-refractivity contribution is 5.91. The molecule has 4 amide bonds. The topological polar surface area (TPSA) is 119 Å². The van der Waals surface area contributed by atoms with Crippen molar-refractivity contribution >= 4 is 29.4 Å². The second kappa shape index (κ2) is 12.0. The minimum atomic E-state index is -0.508. The van der Waals surface area contributed by atoms with Gasteiger partial charge in [-0.2, -0.15) is 0 Å². The molecule has 0 atom stereocenters. The Labute approximate surface area is 163 Å². The van der Waals surface area contributed by atoms with E-state index in [9.17, 15) is 24.0 Å². The smallest absolute Gasteiger partial charge is 0.242 e. The zero-order valence-corrected chi connectivity index (χ0v) is 17.0. The zero-order chi connectivity index (χ0) is 21.1. The summed E-state index contributed by atoms with van der Waals surface area (Å²) in [6.07, 6.45) is 0. The van der Waals surface area contributed by atoms with E-state index in [-0.39, 0.29) is 53.3 Å². The number of nitrogens with one attached hydrogen (secondary N) is 2. The van der Waals surface area contributed by atoms with Gasteiger partial charge in [-0.05, 0) is 6.92 Å². The second-order valence-electron chi connectivity index (χ2n) is 6.76. The van der Waals surface area contributed by atoms with Gasteiger partial charge in [-0.15, -0.1) is 0 Å². The lowest BCUT2D eigenvalue weighted by molar-refractivity contribution is -0.140. The van der Waals surface area contributed by atoms with Gasteiger partial charge in [-0.1, -0.05) is 13.8 Å². The highest BCUT2D eigenvalue weighted by Gasteiger charge is 2.18. The van der Waals surface area contributed by atoms with Gasteiger partial charge in [0.2, 0.25) is 23.6 Å². The Hall–Kier alpha value is -2.49. The molecule has 0 aromatic carbocycles. The number of rotatable bonds is 11. The third-order valence-electron chi connectivity index (χ3n) is 3.59. The molecule has 0 radical (unpaired) electrons. The Morgan fingerprint density at radius 2 is 1.26 bits per heavy atom. The van der Waals surface area contributed by atoms with Gasteiger partial charge in [0.15, 0.2) is 0 Å². The summed E-state index contributed by atoms with van der Waals surface area (Å²) in [7, 11) is 4.42. The molecule has 0 unspecified atom stereocenters. The average Bonchev–Trinajstić information content (AvgIpc) is 2.56. The fourth-order valence-electron chi connectivity index (χ4n) is 1.93. The van der Waals surface area contributed by atoms with Crippen LogP contribution in [0.1, 0.15) is 23.6 Å². The number of hydrogen-bond donors (Lipinski definition) is 2. The molecule has 0 aliphatic heterocycles. The molecule has 0 aromatic rings. The van der Waals surface area contributed by atoms with Gasteiger partial charge in [-0.25, -0.2) is 0 Å². The van der Waals surface area contributed by atoms with Gasteiger partial charge in [-0.3, -0.25) is 24.0 Å². The third kappa shape index (κ3) is 11.0. The fourth-order valence-corrected chi connectivity index (χ4v) is 1.93. The highest BCUT2D eigenvalue weighted by Crippen LogP contribution is 1.92. The zero-order valence-electron chi connectivity index (χ0n) is 17.0. The van der Waals surface area contributed by atoms with E-state index in [1.165, 1.54) is 42.8 Å². The monoisotopic (exact) mass is 389 g/mol. The number of Topliss-reactive ketones (excluding diaryl/α,β-unsaturated/α-hetero) is 1. The Kier molecular flexibility index (Phi) is 10.9. The maximum atomic E-state index is 12.1. The predicted molar refractivity (Wildman–Crippen MR) is 104 cm³/mol. The second-order valence-corrected chi connectivity index (χ2v) is 6.76. The van der Waals surface area contributed by atoms with E-state index in [2.05, 4.69) is 10.6 Å². The minimum Gasteiger partial charge on any atom is -0.345 e. The molecule has 0 aromatic heterocycles. The first-order chi connectivity index (χ1) is 12.4. The average molecular weight is 389 g/mol. The molecule has 0 spiro atoms. The largest absolute Gasteiger partial charge is 0.345 e. The van der Waals surface area contributed by atoms with E-state index in [1.54, 1.807) is 0 Å². The molecule has 0 heterocycles. The van der Waals surface area contributed by atoms with E-state index >= 15 is 0 Å². The van der Waals surface area contributed by atoms with Crippen molar-refractivity contribution in [3.63, 3.8) is 0 Å². The Morgan fingerprint density at radius 3 is 1.78 bits per heavy atom. The number of ketones is 1. The molecule has 0 fully saturated rings.